The van der Waals surface area contributed by atoms with Crippen LogP contribution >= 0.6 is 0 Å². The maximum Gasteiger partial charge on any atom is 0.00793 e. The second-order valence-corrected chi connectivity index (χ2v) is 3.72. The summed E-state index contributed by atoms with van der Waals surface area (Å²) in [6, 6.07) is 0.740. The number of rotatable bonds is 0. The van der Waals surface area contributed by atoms with Gasteiger partial charge in [0.05, 0.1) is 0 Å². The van der Waals surface area contributed by atoms with Gasteiger partial charge >= 0.3 is 0 Å². The van der Waals surface area contributed by atoms with E-state index in [4.69, 9.17) is 0 Å². The molecule has 2 nitrogen and oxygen atoms in total. The SMILES string of the molecule is C[C@@H]1NC[C@H]2CNC[C@@H]1C2. The van der Waals surface area contributed by atoms with E-state index in [-0.39, 0.29) is 0 Å². The summed E-state index contributed by atoms with van der Waals surface area (Å²) in [5.74, 6) is 1.81. The summed E-state index contributed by atoms with van der Waals surface area (Å²) in [5.41, 5.74) is 0. The lowest BCUT2D eigenvalue weighted by Crippen LogP contribution is -2.53. The van der Waals surface area contributed by atoms with Gasteiger partial charge in [-0.05, 0) is 44.8 Å². The molecule has 2 N–H and O–H groups in total. The highest BCUT2D eigenvalue weighted by atomic mass is 15.0. The van der Waals surface area contributed by atoms with Crippen LogP contribution in [-0.2, 0) is 0 Å². The zero-order chi connectivity index (χ0) is 6.97. The fourth-order valence-corrected chi connectivity index (χ4v) is 2.12. The van der Waals surface area contributed by atoms with Crippen LogP contribution < -0.4 is 10.6 Å². The van der Waals surface area contributed by atoms with Crippen molar-refractivity contribution < 1.29 is 0 Å². The molecular weight excluding hydrogens is 124 g/mol. The molecular formula is C8H16N2. The predicted octanol–water partition coefficient (Wildman–Crippen LogP) is 0.204. The molecule has 58 valence electrons. The third-order valence-corrected chi connectivity index (χ3v) is 2.91. The summed E-state index contributed by atoms with van der Waals surface area (Å²) in [6.45, 7) is 5.99. The summed E-state index contributed by atoms with van der Waals surface area (Å²) >= 11 is 0. The Labute approximate surface area is 62.4 Å². The van der Waals surface area contributed by atoms with Crippen LogP contribution in [0.1, 0.15) is 13.3 Å². The van der Waals surface area contributed by atoms with E-state index in [9.17, 15) is 0 Å². The van der Waals surface area contributed by atoms with Gasteiger partial charge in [0, 0.05) is 6.04 Å². The van der Waals surface area contributed by atoms with Crippen LogP contribution in [0.4, 0.5) is 0 Å². The van der Waals surface area contributed by atoms with Crippen molar-refractivity contribution in [2.24, 2.45) is 11.8 Å². The lowest BCUT2D eigenvalue weighted by atomic mass is 9.82. The van der Waals surface area contributed by atoms with E-state index in [0.29, 0.717) is 0 Å². The Morgan fingerprint density at radius 3 is 2.90 bits per heavy atom. The van der Waals surface area contributed by atoms with E-state index >= 15 is 0 Å². The van der Waals surface area contributed by atoms with Crippen LogP contribution in [0, 0.1) is 11.8 Å². The summed E-state index contributed by atoms with van der Waals surface area (Å²) < 4.78 is 0. The zero-order valence-corrected chi connectivity index (χ0v) is 6.56. The van der Waals surface area contributed by atoms with Gasteiger partial charge in [0.2, 0.25) is 0 Å². The maximum atomic E-state index is 3.54. The molecule has 0 unspecified atom stereocenters. The maximum absolute atomic E-state index is 3.54. The predicted molar refractivity (Wildman–Crippen MR) is 41.9 cm³/mol. The van der Waals surface area contributed by atoms with Gasteiger partial charge in [-0.2, -0.15) is 0 Å². The fraction of sp³-hybridized carbons (Fsp3) is 1.00. The Hall–Kier alpha value is -0.0800. The highest BCUT2D eigenvalue weighted by Crippen LogP contribution is 2.23. The molecule has 2 aliphatic rings. The molecule has 2 bridgehead atoms. The van der Waals surface area contributed by atoms with Crippen molar-refractivity contribution in [1.82, 2.24) is 10.6 Å². The van der Waals surface area contributed by atoms with Gasteiger partial charge < -0.3 is 10.6 Å². The van der Waals surface area contributed by atoms with Gasteiger partial charge in [0.15, 0.2) is 0 Å². The first-order chi connectivity index (χ1) is 4.86. The minimum absolute atomic E-state index is 0.740. The largest absolute Gasteiger partial charge is 0.316 e. The van der Waals surface area contributed by atoms with Gasteiger partial charge in [0.1, 0.15) is 0 Å². The summed E-state index contributed by atoms with van der Waals surface area (Å²) in [5, 5.41) is 7.02. The van der Waals surface area contributed by atoms with Crippen LogP contribution in [0.15, 0.2) is 0 Å². The molecule has 0 aliphatic carbocycles. The van der Waals surface area contributed by atoms with E-state index in [1.54, 1.807) is 0 Å². The molecule has 0 spiro atoms. The molecule has 2 rings (SSSR count). The first-order valence-electron chi connectivity index (χ1n) is 4.30. The van der Waals surface area contributed by atoms with E-state index < -0.39 is 0 Å². The van der Waals surface area contributed by atoms with Gasteiger partial charge in [-0.15, -0.1) is 0 Å². The monoisotopic (exact) mass is 140 g/mol. The number of fused-ring (bicyclic) bond motifs is 2. The summed E-state index contributed by atoms with van der Waals surface area (Å²) in [4.78, 5) is 0. The minimum atomic E-state index is 0.740. The van der Waals surface area contributed by atoms with Crippen molar-refractivity contribution in [2.45, 2.75) is 19.4 Å². The van der Waals surface area contributed by atoms with Gasteiger partial charge in [-0.25, -0.2) is 0 Å². The van der Waals surface area contributed by atoms with Crippen molar-refractivity contribution in [3.8, 4) is 0 Å². The van der Waals surface area contributed by atoms with Crippen molar-refractivity contribution >= 4 is 0 Å². The molecule has 2 aliphatic heterocycles. The molecule has 0 aromatic rings. The standard InChI is InChI=1S/C8H16N2/c1-6-8-2-7(4-10-6)3-9-5-8/h6-10H,2-5H2,1H3/t6-,7+,8-/m0/s1. The first-order valence-corrected chi connectivity index (χ1v) is 4.30. The number of nitrogens with one attached hydrogen (secondary N) is 2. The Morgan fingerprint density at radius 1 is 1.20 bits per heavy atom. The van der Waals surface area contributed by atoms with Crippen LogP contribution in [0.25, 0.3) is 0 Å². The van der Waals surface area contributed by atoms with E-state index in [1.807, 2.05) is 0 Å². The third kappa shape index (κ3) is 1.06. The topological polar surface area (TPSA) is 24.1 Å². The lowest BCUT2D eigenvalue weighted by molar-refractivity contribution is 0.179. The second kappa shape index (κ2) is 2.51. The highest BCUT2D eigenvalue weighted by molar-refractivity contribution is 4.88. The molecule has 0 amide bonds. The Bertz CT molecular complexity index is 122. The number of hydrogen-bond acceptors (Lipinski definition) is 2. The number of piperidine rings is 2. The summed E-state index contributed by atoms with van der Waals surface area (Å²) in [7, 11) is 0. The average Bonchev–Trinajstić information content (AvgIpc) is 1.99. The van der Waals surface area contributed by atoms with Crippen LogP contribution in [0.2, 0.25) is 0 Å². The van der Waals surface area contributed by atoms with Crippen LogP contribution in [-0.4, -0.2) is 25.7 Å². The smallest absolute Gasteiger partial charge is 0.00793 e. The molecule has 10 heavy (non-hydrogen) atoms. The van der Waals surface area contributed by atoms with Crippen molar-refractivity contribution in [2.75, 3.05) is 19.6 Å². The van der Waals surface area contributed by atoms with Gasteiger partial charge in [-0.1, -0.05) is 0 Å². The normalized spacial score (nSPS) is 47.1. The lowest BCUT2D eigenvalue weighted by Gasteiger charge is -2.39. The van der Waals surface area contributed by atoms with E-state index in [2.05, 4.69) is 17.6 Å². The Balaban J connectivity index is 2.00. The zero-order valence-electron chi connectivity index (χ0n) is 6.56. The molecule has 2 saturated heterocycles. The highest BCUT2D eigenvalue weighted by Gasteiger charge is 2.29. The molecule has 0 saturated carbocycles. The van der Waals surface area contributed by atoms with Crippen molar-refractivity contribution in [3.05, 3.63) is 0 Å². The average molecular weight is 140 g/mol. The molecule has 0 aromatic carbocycles. The molecule has 3 atom stereocenters. The molecule has 2 fully saturated rings. The second-order valence-electron chi connectivity index (χ2n) is 3.72. The number of hydrogen-bond donors (Lipinski definition) is 2. The van der Waals surface area contributed by atoms with E-state index in [0.717, 1.165) is 17.9 Å². The van der Waals surface area contributed by atoms with Gasteiger partial charge in [0.25, 0.3) is 0 Å². The molecule has 2 heteroatoms. The van der Waals surface area contributed by atoms with Crippen molar-refractivity contribution in [1.29, 1.82) is 0 Å². The first kappa shape index (κ1) is 6.62. The molecule has 2 heterocycles. The van der Waals surface area contributed by atoms with Crippen LogP contribution in [0.5, 0.6) is 0 Å². The minimum Gasteiger partial charge on any atom is -0.316 e. The molecule has 0 aromatic heterocycles. The quantitative estimate of drug-likeness (QED) is 0.502. The van der Waals surface area contributed by atoms with Crippen LogP contribution in [0.3, 0.4) is 0 Å². The van der Waals surface area contributed by atoms with Crippen molar-refractivity contribution in [3.63, 3.8) is 0 Å². The van der Waals surface area contributed by atoms with E-state index in [1.165, 1.54) is 26.1 Å². The third-order valence-electron chi connectivity index (χ3n) is 2.91. The Morgan fingerprint density at radius 2 is 2.10 bits per heavy atom. The Kier molecular flexibility index (Phi) is 1.66. The molecule has 0 radical (unpaired) electrons. The van der Waals surface area contributed by atoms with Gasteiger partial charge in [-0.3, -0.25) is 0 Å². The summed E-state index contributed by atoms with van der Waals surface area (Å²) in [6.07, 6.45) is 1.45. The fourth-order valence-electron chi connectivity index (χ4n) is 2.12.